The molecular formula is C9H19NO2. The van der Waals surface area contributed by atoms with Gasteiger partial charge in [-0.15, -0.1) is 0 Å². The fourth-order valence-electron chi connectivity index (χ4n) is 0.692. The average Bonchev–Trinajstić information content (AvgIpc) is 2.10. The van der Waals surface area contributed by atoms with E-state index in [0.29, 0.717) is 13.2 Å². The van der Waals surface area contributed by atoms with Crippen molar-refractivity contribution in [2.75, 3.05) is 40.0 Å². The molecule has 0 rings (SSSR count). The molecule has 0 fully saturated rings. The number of hydrogen-bond acceptors (Lipinski definition) is 3. The first kappa shape index (κ1) is 11.6. The molecule has 3 nitrogen and oxygen atoms in total. The number of methoxy groups -OCH3 is 1. The van der Waals surface area contributed by atoms with Crippen LogP contribution in [0.15, 0.2) is 12.2 Å². The highest BCUT2D eigenvalue weighted by Gasteiger charge is 1.86. The first-order valence-corrected chi connectivity index (χ1v) is 4.30. The van der Waals surface area contributed by atoms with Crippen molar-refractivity contribution in [3.05, 3.63) is 12.2 Å². The van der Waals surface area contributed by atoms with Crippen LogP contribution in [0.4, 0.5) is 0 Å². The molecule has 0 heterocycles. The summed E-state index contributed by atoms with van der Waals surface area (Å²) in [6.07, 6.45) is 4.11. The maximum atomic E-state index is 5.24. The van der Waals surface area contributed by atoms with Gasteiger partial charge in [-0.2, -0.15) is 0 Å². The lowest BCUT2D eigenvalue weighted by molar-refractivity contribution is 0.0723. The molecule has 0 amide bonds. The van der Waals surface area contributed by atoms with Crippen LogP contribution < -0.4 is 5.32 Å². The molecule has 0 unspecified atom stereocenters. The molecule has 1 N–H and O–H groups in total. The van der Waals surface area contributed by atoms with Crippen LogP contribution in [0.25, 0.3) is 0 Å². The Morgan fingerprint density at radius 2 is 2.08 bits per heavy atom. The molecule has 0 aliphatic carbocycles. The zero-order chi connectivity index (χ0) is 9.07. The fraction of sp³-hybridized carbons (Fsp3) is 0.778. The summed E-state index contributed by atoms with van der Waals surface area (Å²) in [5.74, 6) is 0. The molecule has 0 saturated heterocycles. The molecule has 0 radical (unpaired) electrons. The lowest BCUT2D eigenvalue weighted by atomic mass is 10.5. The summed E-state index contributed by atoms with van der Waals surface area (Å²) in [7, 11) is 1.67. The lowest BCUT2D eigenvalue weighted by Gasteiger charge is -2.03. The molecule has 0 aromatic heterocycles. The van der Waals surface area contributed by atoms with E-state index in [1.165, 1.54) is 0 Å². The molecule has 0 aromatic rings. The van der Waals surface area contributed by atoms with Crippen molar-refractivity contribution < 1.29 is 9.47 Å². The van der Waals surface area contributed by atoms with Gasteiger partial charge in [0.25, 0.3) is 0 Å². The van der Waals surface area contributed by atoms with Gasteiger partial charge in [-0.3, -0.25) is 0 Å². The van der Waals surface area contributed by atoms with Gasteiger partial charge in [0.05, 0.1) is 19.8 Å². The van der Waals surface area contributed by atoms with Gasteiger partial charge in [0.15, 0.2) is 0 Å². The van der Waals surface area contributed by atoms with E-state index in [9.17, 15) is 0 Å². The molecule has 0 aliphatic rings. The molecule has 0 aliphatic heterocycles. The van der Waals surface area contributed by atoms with Gasteiger partial charge in [0.2, 0.25) is 0 Å². The predicted molar refractivity (Wildman–Crippen MR) is 50.4 cm³/mol. The summed E-state index contributed by atoms with van der Waals surface area (Å²) in [5.41, 5.74) is 0. The minimum atomic E-state index is 0.675. The molecule has 0 saturated carbocycles. The quantitative estimate of drug-likeness (QED) is 0.435. The predicted octanol–water partition coefficient (Wildman–Crippen LogP) is 0.815. The van der Waals surface area contributed by atoms with Gasteiger partial charge in [-0.25, -0.2) is 0 Å². The minimum Gasteiger partial charge on any atom is -0.382 e. The van der Waals surface area contributed by atoms with Gasteiger partial charge < -0.3 is 14.8 Å². The van der Waals surface area contributed by atoms with Crippen LogP contribution in [0.1, 0.15) is 6.92 Å². The first-order chi connectivity index (χ1) is 5.91. The zero-order valence-corrected chi connectivity index (χ0v) is 8.01. The largest absolute Gasteiger partial charge is 0.382 e. The van der Waals surface area contributed by atoms with E-state index < -0.39 is 0 Å². The van der Waals surface area contributed by atoms with Crippen LogP contribution in [0.2, 0.25) is 0 Å². The summed E-state index contributed by atoms with van der Waals surface area (Å²) in [5, 5.41) is 3.21. The molecule has 0 bridgehead atoms. The summed E-state index contributed by atoms with van der Waals surface area (Å²) in [4.78, 5) is 0. The zero-order valence-electron chi connectivity index (χ0n) is 8.01. The van der Waals surface area contributed by atoms with Crippen LogP contribution in [-0.2, 0) is 9.47 Å². The van der Waals surface area contributed by atoms with E-state index in [2.05, 4.69) is 11.4 Å². The third-order valence-electron chi connectivity index (χ3n) is 1.35. The SMILES string of the molecule is C/C=C/CNCCOCCOC. The Morgan fingerprint density at radius 1 is 1.25 bits per heavy atom. The second kappa shape index (κ2) is 10.6. The minimum absolute atomic E-state index is 0.675. The maximum Gasteiger partial charge on any atom is 0.0700 e. The topological polar surface area (TPSA) is 30.5 Å². The highest BCUT2D eigenvalue weighted by molar-refractivity contribution is 4.78. The summed E-state index contributed by atoms with van der Waals surface area (Å²) >= 11 is 0. The van der Waals surface area contributed by atoms with Crippen LogP contribution in [-0.4, -0.2) is 40.0 Å². The lowest BCUT2D eigenvalue weighted by Crippen LogP contribution is -2.20. The van der Waals surface area contributed by atoms with Crippen molar-refractivity contribution in [1.29, 1.82) is 0 Å². The molecule has 0 aromatic carbocycles. The van der Waals surface area contributed by atoms with E-state index in [1.54, 1.807) is 7.11 Å². The number of rotatable bonds is 8. The van der Waals surface area contributed by atoms with Crippen LogP contribution in [0.5, 0.6) is 0 Å². The maximum absolute atomic E-state index is 5.24. The molecule has 0 spiro atoms. The molecule has 0 atom stereocenters. The number of nitrogens with one attached hydrogen (secondary N) is 1. The Kier molecular flexibility index (Phi) is 10.3. The standard InChI is InChI=1S/C9H19NO2/c1-3-4-5-10-6-7-12-9-8-11-2/h3-4,10H,5-9H2,1-2H3/b4-3+. The molecule has 12 heavy (non-hydrogen) atoms. The molecule has 72 valence electrons. The first-order valence-electron chi connectivity index (χ1n) is 4.30. The number of hydrogen-bond donors (Lipinski definition) is 1. The van der Waals surface area contributed by atoms with E-state index >= 15 is 0 Å². The molecule has 3 heteroatoms. The van der Waals surface area contributed by atoms with Gasteiger partial charge in [0.1, 0.15) is 0 Å². The summed E-state index contributed by atoms with van der Waals surface area (Å²) in [6, 6.07) is 0. The normalized spacial score (nSPS) is 11.2. The van der Waals surface area contributed by atoms with Crippen LogP contribution >= 0.6 is 0 Å². The highest BCUT2D eigenvalue weighted by Crippen LogP contribution is 1.74. The Hall–Kier alpha value is -0.380. The van der Waals surface area contributed by atoms with Crippen LogP contribution in [0.3, 0.4) is 0 Å². The Balaban J connectivity index is 2.81. The highest BCUT2D eigenvalue weighted by atomic mass is 16.5. The second-order valence-electron chi connectivity index (χ2n) is 2.38. The Morgan fingerprint density at radius 3 is 2.75 bits per heavy atom. The van der Waals surface area contributed by atoms with Crippen molar-refractivity contribution in [2.24, 2.45) is 0 Å². The van der Waals surface area contributed by atoms with Crippen molar-refractivity contribution in [1.82, 2.24) is 5.32 Å². The second-order valence-corrected chi connectivity index (χ2v) is 2.38. The van der Waals surface area contributed by atoms with Crippen molar-refractivity contribution in [3.63, 3.8) is 0 Å². The van der Waals surface area contributed by atoms with Gasteiger partial charge >= 0.3 is 0 Å². The van der Waals surface area contributed by atoms with E-state index in [4.69, 9.17) is 9.47 Å². The third-order valence-corrected chi connectivity index (χ3v) is 1.35. The number of allylic oxidation sites excluding steroid dienone is 1. The smallest absolute Gasteiger partial charge is 0.0700 e. The summed E-state index contributed by atoms with van der Waals surface area (Å²) < 4.78 is 10.1. The van der Waals surface area contributed by atoms with Crippen molar-refractivity contribution >= 4 is 0 Å². The van der Waals surface area contributed by atoms with Crippen molar-refractivity contribution in [2.45, 2.75) is 6.92 Å². The van der Waals surface area contributed by atoms with E-state index in [-0.39, 0.29) is 0 Å². The van der Waals surface area contributed by atoms with Crippen LogP contribution in [0, 0.1) is 0 Å². The molecular weight excluding hydrogens is 154 g/mol. The van der Waals surface area contributed by atoms with Crippen molar-refractivity contribution in [3.8, 4) is 0 Å². The monoisotopic (exact) mass is 173 g/mol. The van der Waals surface area contributed by atoms with Gasteiger partial charge in [-0.05, 0) is 6.92 Å². The van der Waals surface area contributed by atoms with E-state index in [1.807, 2.05) is 13.0 Å². The third kappa shape index (κ3) is 9.62. The fourth-order valence-corrected chi connectivity index (χ4v) is 0.692. The van der Waals surface area contributed by atoms with Gasteiger partial charge in [0, 0.05) is 20.2 Å². The Bertz CT molecular complexity index is 105. The van der Waals surface area contributed by atoms with E-state index in [0.717, 1.165) is 19.7 Å². The summed E-state index contributed by atoms with van der Waals surface area (Å²) in [6.45, 7) is 5.94. The number of ether oxygens (including phenoxy) is 2. The average molecular weight is 173 g/mol. The van der Waals surface area contributed by atoms with Gasteiger partial charge in [-0.1, -0.05) is 12.2 Å². The Labute approximate surface area is 74.7 Å².